The maximum Gasteiger partial charge on any atom is 3.00 e. The summed E-state index contributed by atoms with van der Waals surface area (Å²) in [4.78, 5) is 18.5. The van der Waals surface area contributed by atoms with Crippen LogP contribution >= 0.6 is 0 Å². The van der Waals surface area contributed by atoms with E-state index >= 15 is 0 Å². The van der Waals surface area contributed by atoms with E-state index in [9.17, 15) is 11.0 Å². The predicted octanol–water partition coefficient (Wildman–Crippen LogP) is 15.2. The predicted molar refractivity (Wildman–Crippen MR) is 287 cm³/mol. The van der Waals surface area contributed by atoms with E-state index in [1.165, 1.54) is 91.4 Å². The molecule has 0 unspecified atom stereocenters. The number of aromatic nitrogens is 5. The average molecular weight is 1110 g/mol. The fraction of sp³-hybridized carbons (Fsp3) is 0.108. The third kappa shape index (κ3) is 8.98. The maximum absolute atomic E-state index is 9.76. The SMILES string of the molecule is [2H]C([2H])([2H])c1ccc(-c2[c-]cc(C([2H])([2H])C([2H])([2H])c3cc(-c4ccccc4-c4c[c-]c5c6ncc(C([2H])([2H])[2H])c(-c7ccccc7)c6c6nc7ccccc7n6c5c4)cc(C([2H])([2H])C([2H])([2H])c4c[c-]c(-c5ccc(C([2H])([2H])[2H])cn5)cc4)c3)cc2)nc1.[Ir+3]. The molecule has 0 aliphatic rings. The first-order valence-corrected chi connectivity index (χ1v) is 22.4. The van der Waals surface area contributed by atoms with E-state index in [0.29, 0.717) is 88.8 Å². The Morgan fingerprint density at radius 1 is 0.507 bits per heavy atom. The largest absolute Gasteiger partial charge is 3.00 e. The zero-order chi connectivity index (χ0) is 61.8. The molecule has 0 N–H and O–H groups in total. The van der Waals surface area contributed by atoms with Crippen molar-refractivity contribution in [1.29, 1.82) is 0 Å². The topological polar surface area (TPSA) is 56.0 Å². The average Bonchev–Trinajstić information content (AvgIpc) is 1.36. The molecule has 0 fully saturated rings. The number of rotatable bonds is 11. The number of hydrogen-bond donors (Lipinski definition) is 0. The van der Waals surface area contributed by atoms with Crippen molar-refractivity contribution in [2.45, 2.75) is 46.0 Å². The van der Waals surface area contributed by atoms with Crippen molar-refractivity contribution in [3.63, 3.8) is 0 Å². The van der Waals surface area contributed by atoms with Crippen LogP contribution in [0.15, 0.2) is 188 Å². The Balaban J connectivity index is 0.00000800. The van der Waals surface area contributed by atoms with Crippen LogP contribution in [-0.2, 0) is 45.6 Å². The van der Waals surface area contributed by atoms with Crippen molar-refractivity contribution in [3.05, 3.63) is 246 Å². The molecule has 342 valence electrons. The first-order chi connectivity index (χ1) is 41.1. The van der Waals surface area contributed by atoms with E-state index in [1.807, 2.05) is 71.1 Å². The van der Waals surface area contributed by atoms with Gasteiger partial charge in [0, 0.05) is 52.8 Å². The second kappa shape index (κ2) is 19.5. The number of fused-ring (bicyclic) bond motifs is 8. The van der Waals surface area contributed by atoms with Crippen molar-refractivity contribution in [3.8, 4) is 55.9 Å². The second-order valence-electron chi connectivity index (χ2n) is 16.7. The van der Waals surface area contributed by atoms with E-state index < -0.39 is 46.0 Å². The van der Waals surface area contributed by atoms with E-state index in [4.69, 9.17) is 22.3 Å². The van der Waals surface area contributed by atoms with Gasteiger partial charge in [-0.05, 0) is 112 Å². The van der Waals surface area contributed by atoms with Gasteiger partial charge in [0.2, 0.25) is 0 Å². The third-order valence-electron chi connectivity index (χ3n) is 12.2. The van der Waals surface area contributed by atoms with E-state index in [-0.39, 0.29) is 64.6 Å². The molecule has 0 spiro atoms. The molecule has 0 saturated heterocycles. The summed E-state index contributed by atoms with van der Waals surface area (Å²) in [5, 5.41) is 1.06. The summed E-state index contributed by atoms with van der Waals surface area (Å²) < 4.78 is 151. The van der Waals surface area contributed by atoms with Crippen LogP contribution in [-0.4, -0.2) is 24.3 Å². The van der Waals surface area contributed by atoms with Crippen molar-refractivity contribution in [2.75, 3.05) is 0 Å². The van der Waals surface area contributed by atoms with Crippen LogP contribution in [0.4, 0.5) is 0 Å². The van der Waals surface area contributed by atoms with E-state index in [0.717, 1.165) is 6.07 Å². The van der Waals surface area contributed by atoms with Gasteiger partial charge < -0.3 is 19.4 Å². The normalized spacial score (nSPS) is 16.3. The van der Waals surface area contributed by atoms with Gasteiger partial charge in [0.05, 0.1) is 11.0 Å². The maximum atomic E-state index is 9.76. The van der Waals surface area contributed by atoms with Crippen LogP contribution in [0.2, 0.25) is 0 Å². The van der Waals surface area contributed by atoms with Gasteiger partial charge in [-0.3, -0.25) is 0 Å². The molecular weight excluding hydrogens is 1040 g/mol. The molecule has 7 aromatic carbocycles. The molecule has 0 saturated carbocycles. The molecule has 0 amide bonds. The summed E-state index contributed by atoms with van der Waals surface area (Å²) in [6.45, 7) is -7.32. The molecule has 5 nitrogen and oxygen atoms in total. The summed E-state index contributed by atoms with van der Waals surface area (Å²) >= 11 is 0. The Hall–Kier alpha value is -7.89. The Bertz CT molecular complexity index is 4480. The summed E-state index contributed by atoms with van der Waals surface area (Å²) in [5.41, 5.74) is 6.36. The van der Waals surface area contributed by atoms with Gasteiger partial charge in [-0.15, -0.1) is 94.4 Å². The first kappa shape index (κ1) is 30.0. The van der Waals surface area contributed by atoms with Gasteiger partial charge >= 0.3 is 20.1 Å². The number of aryl methyl sites for hydroxylation is 7. The monoisotopic (exact) mass is 1110 g/mol. The smallest absolute Gasteiger partial charge is 0.335 e. The Morgan fingerprint density at radius 2 is 1.13 bits per heavy atom. The Morgan fingerprint density at radius 3 is 1.73 bits per heavy atom. The van der Waals surface area contributed by atoms with Crippen molar-refractivity contribution >= 4 is 38.5 Å². The standard InChI is InChI=1S/C65H48N5.Ir/c1-42-17-33-57(66-39-42)49-27-23-45(24-28-49)19-21-47-35-48(22-20-46-25-29-50(30-26-46)58-34-18-43(2)40-67-58)37-53(36-47)55-14-8-7-13-54(55)52-31-32-56-61(38-52)70-60-16-10-9-15-59(60)69-65(70)63-62(44(3)41-68-64(56)63)51-11-5-4-6-12-51;/h4-18,23-27,29,31,33-41H,19-22H2,1-3H3;/q-3;+3/i1D3,2D3,3D3,19D2,20D2,21D2,22D2;. The van der Waals surface area contributed by atoms with Crippen LogP contribution in [0.5, 0.6) is 0 Å². The Labute approximate surface area is 452 Å². The second-order valence-corrected chi connectivity index (χ2v) is 16.7. The molecule has 5 heterocycles. The molecular formula is C65H48IrN5. The summed E-state index contributed by atoms with van der Waals surface area (Å²) in [7, 11) is 0. The van der Waals surface area contributed by atoms with Crippen molar-refractivity contribution in [2.24, 2.45) is 0 Å². The van der Waals surface area contributed by atoms with Crippen LogP contribution in [0, 0.1) is 38.8 Å². The fourth-order valence-corrected chi connectivity index (χ4v) is 8.90. The van der Waals surface area contributed by atoms with Crippen molar-refractivity contribution in [1.82, 2.24) is 24.3 Å². The number of hydrogen-bond acceptors (Lipinski definition) is 4. The van der Waals surface area contributed by atoms with Crippen LogP contribution in [0.25, 0.3) is 94.4 Å². The number of nitrogens with zero attached hydrogens (tertiary/aromatic N) is 5. The third-order valence-corrected chi connectivity index (χ3v) is 12.2. The van der Waals surface area contributed by atoms with Crippen molar-refractivity contribution < 1.29 is 43.4 Å². The summed E-state index contributed by atoms with van der Waals surface area (Å²) in [6, 6.07) is 55.1. The molecule has 0 aliphatic carbocycles. The molecule has 71 heavy (non-hydrogen) atoms. The molecule has 12 rings (SSSR count). The molecule has 0 aliphatic heterocycles. The number of imidazole rings is 1. The molecule has 5 aromatic heterocycles. The summed E-state index contributed by atoms with van der Waals surface area (Å²) in [6.07, 6.45) is -7.85. The summed E-state index contributed by atoms with van der Waals surface area (Å²) in [5.74, 6) is 0. The Kier molecular flexibility index (Phi) is 8.23. The van der Waals surface area contributed by atoms with Gasteiger partial charge in [-0.1, -0.05) is 133 Å². The van der Waals surface area contributed by atoms with E-state index in [1.54, 1.807) is 24.3 Å². The van der Waals surface area contributed by atoms with Gasteiger partial charge in [0.25, 0.3) is 0 Å². The quantitative estimate of drug-likeness (QED) is 0.0957. The number of pyridine rings is 4. The molecule has 0 radical (unpaired) electrons. The minimum absolute atomic E-state index is 0. The van der Waals surface area contributed by atoms with Crippen LogP contribution < -0.4 is 0 Å². The van der Waals surface area contributed by atoms with Gasteiger partial charge in [-0.25, -0.2) is 4.98 Å². The first-order valence-electron chi connectivity index (χ1n) is 30.9. The number of benzene rings is 7. The molecule has 0 bridgehead atoms. The van der Waals surface area contributed by atoms with Gasteiger partial charge in [0.1, 0.15) is 5.65 Å². The molecule has 6 heteroatoms. The zero-order valence-corrected chi connectivity index (χ0v) is 39.9. The van der Waals surface area contributed by atoms with Crippen LogP contribution in [0.3, 0.4) is 0 Å². The minimum atomic E-state index is -2.97. The minimum Gasteiger partial charge on any atom is -0.335 e. The molecule has 0 atom stereocenters. The van der Waals surface area contributed by atoms with Gasteiger partial charge in [-0.2, -0.15) is 0 Å². The zero-order valence-electron chi connectivity index (χ0n) is 54.5. The van der Waals surface area contributed by atoms with Crippen LogP contribution in [0.1, 0.15) is 62.2 Å². The fourth-order valence-electron chi connectivity index (χ4n) is 8.90. The molecule has 12 aromatic rings. The van der Waals surface area contributed by atoms with E-state index in [2.05, 4.69) is 28.2 Å². The number of para-hydroxylation sites is 2. The van der Waals surface area contributed by atoms with Gasteiger partial charge in [0.15, 0.2) is 0 Å².